The van der Waals surface area contributed by atoms with Crippen molar-refractivity contribution in [2.24, 2.45) is 0 Å². The smallest absolute Gasteiger partial charge is 0.254 e. The summed E-state index contributed by atoms with van der Waals surface area (Å²) in [5, 5.41) is 0. The molecule has 9 aromatic rings. The van der Waals surface area contributed by atoms with Crippen LogP contribution in [0.2, 0.25) is 0 Å². The van der Waals surface area contributed by atoms with E-state index in [0.717, 1.165) is 228 Å². The molecule has 15 heteroatoms. The molecule has 0 spiro atoms. The molecule has 112 heavy (non-hydrogen) atoms. The van der Waals surface area contributed by atoms with Crippen LogP contribution in [0.15, 0.2) is 115 Å². The second-order valence-electron chi connectivity index (χ2n) is 33.8. The predicted octanol–water partition coefficient (Wildman–Crippen LogP) is 16.7. The van der Waals surface area contributed by atoms with E-state index in [4.69, 9.17) is 34.2 Å². The number of piperidine rings is 3. The van der Waals surface area contributed by atoms with Crippen LogP contribution < -0.4 is 0 Å². The molecule has 3 amide bonds. The minimum Gasteiger partial charge on any atom is -0.342 e. The molecule has 0 unspecified atom stereocenters. The van der Waals surface area contributed by atoms with Gasteiger partial charge in [-0.25, -0.2) is 15.0 Å². The molecule has 9 aliphatic rings. The summed E-state index contributed by atoms with van der Waals surface area (Å²) in [6.45, 7) is 15.0. The molecule has 6 aromatic carbocycles. The highest BCUT2D eigenvalue weighted by atomic mass is 16.2. The van der Waals surface area contributed by atoms with Crippen LogP contribution in [0.5, 0.6) is 0 Å². The molecule has 6 fully saturated rings. The van der Waals surface area contributed by atoms with Gasteiger partial charge in [0.25, 0.3) is 17.7 Å². The monoisotopic (exact) mass is 1490 g/mol. The number of likely N-dealkylation sites (N-methyl/N-ethyl adjacent to an activating group) is 3. The average Bonchev–Trinajstić information content (AvgIpc) is 1.50. The van der Waals surface area contributed by atoms with Crippen molar-refractivity contribution < 1.29 is 14.4 Å². The van der Waals surface area contributed by atoms with Crippen LogP contribution in [-0.2, 0) is 38.6 Å². The number of amides is 3. The number of hydrogen-bond donors (Lipinski definition) is 3. The van der Waals surface area contributed by atoms with Gasteiger partial charge in [0, 0.05) is 172 Å². The van der Waals surface area contributed by atoms with E-state index in [1.165, 1.54) is 125 Å². The van der Waals surface area contributed by atoms with E-state index in [0.29, 0.717) is 35.5 Å². The zero-order valence-corrected chi connectivity index (χ0v) is 66.5. The van der Waals surface area contributed by atoms with E-state index in [9.17, 15) is 14.4 Å². The van der Waals surface area contributed by atoms with Crippen molar-refractivity contribution in [3.63, 3.8) is 0 Å². The summed E-state index contributed by atoms with van der Waals surface area (Å²) in [5.41, 5.74) is 26.0. The van der Waals surface area contributed by atoms with E-state index in [2.05, 4.69) is 160 Å². The molecule has 18 rings (SSSR count). The van der Waals surface area contributed by atoms with Gasteiger partial charge >= 0.3 is 0 Å². The summed E-state index contributed by atoms with van der Waals surface area (Å²) in [4.78, 5) is 80.6. The van der Waals surface area contributed by atoms with Gasteiger partial charge in [-0.15, -0.1) is 19.3 Å². The average molecular weight is 1490 g/mol. The Kier molecular flexibility index (Phi) is 22.8. The number of carbonyl (C=O) groups excluding carboxylic acids is 3. The minimum atomic E-state index is 0.136. The molecule has 3 saturated heterocycles. The first-order valence-corrected chi connectivity index (χ1v) is 41.9. The number of rotatable bonds is 12. The second-order valence-corrected chi connectivity index (χ2v) is 33.8. The molecule has 0 atom stereocenters. The fourth-order valence-electron chi connectivity index (χ4n) is 18.7. The van der Waals surface area contributed by atoms with Gasteiger partial charge in [-0.05, 0) is 253 Å². The standard InChI is InChI=1S/C33H38N4O.2C32H36N4O/c1-4-23-8-10-24(11-9-23)25-12-18-37(19-13-25)33(38)27-21-29(28(20-22(27)2)26-6-5-7-26)32-34-30-14-16-36(3)17-15-31(30)35-32;1-4-22-8-10-23(11-9-22)24-12-16-36(17-13-24)32(37)26-19-28(27(18-21(26)2)25-6-5-7-25)31-33-29-14-15-35(3)20-30(29)34-31;1-3-22-7-9-23(10-8-22)24-13-19-36(20-14-24)32(37)26-11-12-27(25-5-4-6-25)28(21-26)31-33-29-15-17-35(2)18-16-30(29)34-31/h1,8-11,20-21,25-26H,5-7,12-19H2,2-3H3,(H,34,35);1,8-11,18-19,24-25H,5-7,12-17,20H2,2-3H3,(H,33,34);1,7-12,21,24-25H,4-6,13-20H2,2H3,(H,33,34). The topological polar surface area (TPSA) is 157 Å². The molecular formula is C97H110N12O3. The van der Waals surface area contributed by atoms with Crippen LogP contribution in [0.3, 0.4) is 0 Å². The van der Waals surface area contributed by atoms with Crippen molar-refractivity contribution in [1.82, 2.24) is 59.3 Å². The van der Waals surface area contributed by atoms with E-state index in [1.807, 2.05) is 52.3 Å². The van der Waals surface area contributed by atoms with Gasteiger partial charge in [0.05, 0.1) is 22.8 Å². The third kappa shape index (κ3) is 16.4. The van der Waals surface area contributed by atoms with Gasteiger partial charge in [0.2, 0.25) is 0 Å². The number of terminal acetylenes is 3. The van der Waals surface area contributed by atoms with E-state index >= 15 is 0 Å². The molecule has 3 aliphatic carbocycles. The lowest BCUT2D eigenvalue weighted by atomic mass is 9.77. The lowest BCUT2D eigenvalue weighted by molar-refractivity contribution is 0.0704. The lowest BCUT2D eigenvalue weighted by Gasteiger charge is -2.33. The Morgan fingerprint density at radius 1 is 0.357 bits per heavy atom. The van der Waals surface area contributed by atoms with Crippen molar-refractivity contribution in [2.45, 2.75) is 184 Å². The van der Waals surface area contributed by atoms with E-state index < -0.39 is 0 Å². The molecule has 0 radical (unpaired) electrons. The van der Waals surface area contributed by atoms with Crippen molar-refractivity contribution in [2.75, 3.05) is 93.1 Å². The van der Waals surface area contributed by atoms with Crippen LogP contribution in [0, 0.1) is 50.9 Å². The number of aromatic amines is 3. The highest BCUT2D eigenvalue weighted by Gasteiger charge is 2.35. The van der Waals surface area contributed by atoms with Crippen molar-refractivity contribution in [1.29, 1.82) is 0 Å². The summed E-state index contributed by atoms with van der Waals surface area (Å²) < 4.78 is 0. The first-order chi connectivity index (χ1) is 54.6. The number of carbonyl (C=O) groups is 3. The zero-order chi connectivity index (χ0) is 77.1. The molecule has 15 nitrogen and oxygen atoms in total. The maximum Gasteiger partial charge on any atom is 0.254 e. The van der Waals surface area contributed by atoms with Crippen molar-refractivity contribution in [3.8, 4) is 71.2 Å². The third-order valence-corrected chi connectivity index (χ3v) is 26.6. The summed E-state index contributed by atoms with van der Waals surface area (Å²) >= 11 is 0. The van der Waals surface area contributed by atoms with Gasteiger partial charge in [0.15, 0.2) is 0 Å². The highest BCUT2D eigenvalue weighted by molar-refractivity contribution is 5.98. The van der Waals surface area contributed by atoms with Gasteiger partial charge in [-0.2, -0.15) is 0 Å². The molecule has 3 aromatic heterocycles. The Bertz CT molecular complexity index is 4990. The summed E-state index contributed by atoms with van der Waals surface area (Å²) in [7, 11) is 6.51. The number of benzene rings is 6. The summed E-state index contributed by atoms with van der Waals surface area (Å²) in [6, 6.07) is 40.2. The third-order valence-electron chi connectivity index (χ3n) is 26.6. The number of nitrogens with one attached hydrogen (secondary N) is 3. The number of nitrogens with zero attached hydrogens (tertiary/aromatic N) is 9. The van der Waals surface area contributed by atoms with Crippen LogP contribution >= 0.6 is 0 Å². The number of likely N-dealkylation sites (tertiary alicyclic amines) is 3. The van der Waals surface area contributed by atoms with Gasteiger partial charge in [0.1, 0.15) is 17.5 Å². The molecule has 3 saturated carbocycles. The van der Waals surface area contributed by atoms with Gasteiger partial charge in [-0.3, -0.25) is 14.4 Å². The number of aryl methyl sites for hydroxylation is 2. The number of H-pyrrole nitrogens is 3. The maximum absolute atomic E-state index is 13.8. The van der Waals surface area contributed by atoms with Gasteiger partial charge < -0.3 is 44.4 Å². The number of hydrogen-bond acceptors (Lipinski definition) is 9. The normalized spacial score (nSPS) is 18.9. The zero-order valence-electron chi connectivity index (χ0n) is 66.5. The Morgan fingerprint density at radius 3 is 1.05 bits per heavy atom. The van der Waals surface area contributed by atoms with Crippen LogP contribution in [0.4, 0.5) is 0 Å². The Morgan fingerprint density at radius 2 is 0.688 bits per heavy atom. The molecule has 0 bridgehead atoms. The summed E-state index contributed by atoms with van der Waals surface area (Å²) in [6.07, 6.45) is 38.5. The van der Waals surface area contributed by atoms with Crippen LogP contribution in [0.25, 0.3) is 34.2 Å². The second kappa shape index (κ2) is 33.7. The fourth-order valence-corrected chi connectivity index (χ4v) is 18.7. The molecule has 576 valence electrons. The summed E-state index contributed by atoms with van der Waals surface area (Å²) in [5.74, 6) is 14.5. The van der Waals surface area contributed by atoms with Crippen LogP contribution in [-0.4, -0.2) is 170 Å². The number of fused-ring (bicyclic) bond motifs is 3. The Balaban J connectivity index is 0.000000127. The largest absolute Gasteiger partial charge is 0.342 e. The van der Waals surface area contributed by atoms with Crippen molar-refractivity contribution in [3.05, 3.63) is 227 Å². The first-order valence-electron chi connectivity index (χ1n) is 41.9. The Hall–Kier alpha value is -10.1. The molecule has 6 aliphatic heterocycles. The molecule has 3 N–H and O–H groups in total. The predicted molar refractivity (Wildman–Crippen MR) is 448 cm³/mol. The lowest BCUT2D eigenvalue weighted by Crippen LogP contribution is -2.38. The maximum atomic E-state index is 13.8. The highest BCUT2D eigenvalue weighted by Crippen LogP contribution is 2.46. The van der Waals surface area contributed by atoms with Crippen LogP contribution in [0.1, 0.15) is 258 Å². The number of aromatic nitrogens is 6. The quantitative estimate of drug-likeness (QED) is 0.101. The number of imidazole rings is 3. The Labute approximate surface area is 663 Å². The first kappa shape index (κ1) is 75.9. The van der Waals surface area contributed by atoms with E-state index in [-0.39, 0.29) is 17.7 Å². The molecular weight excluding hydrogens is 1380 g/mol. The fraction of sp³-hybridized carbons (Fsp3) is 0.443. The minimum absolute atomic E-state index is 0.136. The molecule has 9 heterocycles. The van der Waals surface area contributed by atoms with Gasteiger partial charge in [-0.1, -0.05) is 91.6 Å². The van der Waals surface area contributed by atoms with Crippen molar-refractivity contribution >= 4 is 17.7 Å². The SMILES string of the molecule is C#Cc1ccc(C2CCN(C(=O)c3cc(-c4nc5c([nH]4)CCN(C)CC5)c(C4CCC4)cc3C)CC2)cc1.C#Cc1ccc(C2CCN(C(=O)c3cc(-c4nc5c([nH]4)CN(C)CC5)c(C4CCC4)cc3C)CC2)cc1.C#Cc1ccc(C2CCN(C(=O)c3ccc(C4CCC4)c(-c4nc5c([nH]4)CCN(C)CC5)c3)CC2)cc1. The van der Waals surface area contributed by atoms with E-state index in [1.54, 1.807) is 0 Å².